The summed E-state index contributed by atoms with van der Waals surface area (Å²) in [5.74, 6) is 2.80. The van der Waals surface area contributed by atoms with Crippen LogP contribution in [0.1, 0.15) is 58.3 Å². The summed E-state index contributed by atoms with van der Waals surface area (Å²) in [4.78, 5) is 0. The molecule has 1 unspecified atom stereocenters. The molecule has 2 rings (SSSR count). The molecule has 0 saturated heterocycles. The Balaban J connectivity index is 1.71. The van der Waals surface area contributed by atoms with Crippen molar-refractivity contribution in [3.63, 3.8) is 0 Å². The van der Waals surface area contributed by atoms with Gasteiger partial charge >= 0.3 is 0 Å². The molecule has 0 aliphatic heterocycles. The van der Waals surface area contributed by atoms with Crippen molar-refractivity contribution in [1.82, 2.24) is 0 Å². The zero-order valence-electron chi connectivity index (χ0n) is 9.54. The van der Waals surface area contributed by atoms with E-state index in [1.54, 1.807) is 0 Å². The predicted octanol–water partition coefficient (Wildman–Crippen LogP) is 3.33. The van der Waals surface area contributed by atoms with E-state index in [2.05, 4.69) is 6.92 Å². The minimum absolute atomic E-state index is 0.521. The molecule has 1 heteroatoms. The van der Waals surface area contributed by atoms with Gasteiger partial charge in [0.1, 0.15) is 0 Å². The summed E-state index contributed by atoms with van der Waals surface area (Å²) in [5, 5.41) is 0. The van der Waals surface area contributed by atoms with Gasteiger partial charge < -0.3 is 5.73 Å². The molecule has 0 aromatic rings. The van der Waals surface area contributed by atoms with Gasteiger partial charge in [-0.25, -0.2) is 0 Å². The maximum absolute atomic E-state index is 6.30. The second kappa shape index (κ2) is 4.65. The molecule has 82 valence electrons. The summed E-state index contributed by atoms with van der Waals surface area (Å²) in [6.45, 7) is 2.38. The van der Waals surface area contributed by atoms with E-state index in [0.717, 1.165) is 17.8 Å². The van der Waals surface area contributed by atoms with Crippen LogP contribution in [-0.2, 0) is 0 Å². The minimum Gasteiger partial charge on any atom is -0.327 e. The fourth-order valence-corrected chi connectivity index (χ4v) is 3.02. The Bertz CT molecular complexity index is 166. The number of nitrogens with two attached hydrogens (primary N) is 1. The Morgan fingerprint density at radius 1 is 1.07 bits per heavy atom. The van der Waals surface area contributed by atoms with Crippen molar-refractivity contribution < 1.29 is 0 Å². The van der Waals surface area contributed by atoms with Crippen molar-refractivity contribution in [3.8, 4) is 0 Å². The van der Waals surface area contributed by atoms with Gasteiger partial charge in [0.25, 0.3) is 0 Å². The Hall–Kier alpha value is -0.0400. The third kappa shape index (κ3) is 2.50. The monoisotopic (exact) mass is 195 g/mol. The molecule has 0 heterocycles. The molecule has 0 aromatic heterocycles. The SMILES string of the molecule is CC1CCC(C(N)CC2CCC2)CC1. The fourth-order valence-electron chi connectivity index (χ4n) is 3.02. The lowest BCUT2D eigenvalue weighted by Crippen LogP contribution is -2.35. The predicted molar refractivity (Wildman–Crippen MR) is 61.1 cm³/mol. The van der Waals surface area contributed by atoms with Gasteiger partial charge in [0.15, 0.2) is 0 Å². The number of hydrogen-bond donors (Lipinski definition) is 1. The van der Waals surface area contributed by atoms with E-state index < -0.39 is 0 Å². The van der Waals surface area contributed by atoms with Gasteiger partial charge in [-0.1, -0.05) is 39.0 Å². The molecule has 2 aliphatic rings. The van der Waals surface area contributed by atoms with Crippen molar-refractivity contribution in [3.05, 3.63) is 0 Å². The third-order valence-electron chi connectivity index (χ3n) is 4.50. The molecule has 0 amide bonds. The first-order valence-corrected chi connectivity index (χ1v) is 6.51. The normalized spacial score (nSPS) is 36.4. The maximum Gasteiger partial charge on any atom is 0.00698 e. The molecule has 14 heavy (non-hydrogen) atoms. The summed E-state index contributed by atoms with van der Waals surface area (Å²) in [6.07, 6.45) is 11.3. The van der Waals surface area contributed by atoms with Gasteiger partial charge in [-0.05, 0) is 37.0 Å². The van der Waals surface area contributed by atoms with Gasteiger partial charge in [0, 0.05) is 6.04 Å². The second-order valence-corrected chi connectivity index (χ2v) is 5.72. The first kappa shape index (κ1) is 10.5. The molecule has 2 N–H and O–H groups in total. The highest BCUT2D eigenvalue weighted by Crippen LogP contribution is 2.35. The van der Waals surface area contributed by atoms with E-state index >= 15 is 0 Å². The van der Waals surface area contributed by atoms with Gasteiger partial charge in [-0.15, -0.1) is 0 Å². The molecular weight excluding hydrogens is 170 g/mol. The molecule has 0 aromatic carbocycles. The highest BCUT2D eigenvalue weighted by Gasteiger charge is 2.27. The lowest BCUT2D eigenvalue weighted by Gasteiger charge is -2.35. The summed E-state index contributed by atoms with van der Waals surface area (Å²) < 4.78 is 0. The van der Waals surface area contributed by atoms with E-state index in [9.17, 15) is 0 Å². The van der Waals surface area contributed by atoms with Crippen LogP contribution in [-0.4, -0.2) is 6.04 Å². The molecular formula is C13H25N. The molecule has 2 saturated carbocycles. The van der Waals surface area contributed by atoms with E-state index in [4.69, 9.17) is 5.73 Å². The quantitative estimate of drug-likeness (QED) is 0.734. The van der Waals surface area contributed by atoms with Crippen molar-refractivity contribution in [1.29, 1.82) is 0 Å². The highest BCUT2D eigenvalue weighted by atomic mass is 14.7. The topological polar surface area (TPSA) is 26.0 Å². The first-order valence-electron chi connectivity index (χ1n) is 6.51. The van der Waals surface area contributed by atoms with Crippen molar-refractivity contribution in [2.24, 2.45) is 23.5 Å². The Labute approximate surface area is 88.4 Å². The van der Waals surface area contributed by atoms with E-state index in [-0.39, 0.29) is 0 Å². The Morgan fingerprint density at radius 3 is 2.21 bits per heavy atom. The molecule has 0 bridgehead atoms. The summed E-state index contributed by atoms with van der Waals surface area (Å²) in [7, 11) is 0. The van der Waals surface area contributed by atoms with Crippen LogP contribution in [0.4, 0.5) is 0 Å². The van der Waals surface area contributed by atoms with E-state index in [1.807, 2.05) is 0 Å². The van der Waals surface area contributed by atoms with Crippen molar-refractivity contribution in [2.75, 3.05) is 0 Å². The first-order chi connectivity index (χ1) is 6.75. The van der Waals surface area contributed by atoms with Gasteiger partial charge in [0.05, 0.1) is 0 Å². The summed E-state index contributed by atoms with van der Waals surface area (Å²) >= 11 is 0. The van der Waals surface area contributed by atoms with Crippen LogP contribution in [0.25, 0.3) is 0 Å². The smallest absolute Gasteiger partial charge is 0.00698 e. The second-order valence-electron chi connectivity index (χ2n) is 5.72. The van der Waals surface area contributed by atoms with Crippen LogP contribution in [0.3, 0.4) is 0 Å². The zero-order valence-corrected chi connectivity index (χ0v) is 9.54. The fraction of sp³-hybridized carbons (Fsp3) is 1.00. The molecule has 0 radical (unpaired) electrons. The van der Waals surface area contributed by atoms with Gasteiger partial charge in [0.2, 0.25) is 0 Å². The zero-order chi connectivity index (χ0) is 9.97. The van der Waals surface area contributed by atoms with Crippen LogP contribution < -0.4 is 5.73 Å². The van der Waals surface area contributed by atoms with Crippen molar-refractivity contribution >= 4 is 0 Å². The Morgan fingerprint density at radius 2 is 1.71 bits per heavy atom. The van der Waals surface area contributed by atoms with Gasteiger partial charge in [-0.3, -0.25) is 0 Å². The standard InChI is InChI=1S/C13H25N/c1-10-5-7-12(8-6-10)13(14)9-11-3-2-4-11/h10-13H,2-9,14H2,1H3. The summed E-state index contributed by atoms with van der Waals surface area (Å²) in [5.41, 5.74) is 6.30. The van der Waals surface area contributed by atoms with Crippen LogP contribution in [0.2, 0.25) is 0 Å². The van der Waals surface area contributed by atoms with Crippen LogP contribution in [0.5, 0.6) is 0 Å². The maximum atomic E-state index is 6.30. The molecule has 2 fully saturated rings. The number of hydrogen-bond acceptors (Lipinski definition) is 1. The minimum atomic E-state index is 0.521. The van der Waals surface area contributed by atoms with Crippen LogP contribution in [0, 0.1) is 17.8 Å². The highest BCUT2D eigenvalue weighted by molar-refractivity contribution is 4.82. The van der Waals surface area contributed by atoms with Crippen molar-refractivity contribution in [2.45, 2.75) is 64.3 Å². The molecule has 0 spiro atoms. The molecule has 1 atom stereocenters. The van der Waals surface area contributed by atoms with E-state index in [1.165, 1.54) is 51.4 Å². The molecule has 2 aliphatic carbocycles. The van der Waals surface area contributed by atoms with Gasteiger partial charge in [-0.2, -0.15) is 0 Å². The lowest BCUT2D eigenvalue weighted by molar-refractivity contribution is 0.200. The van der Waals surface area contributed by atoms with E-state index in [0.29, 0.717) is 6.04 Å². The van der Waals surface area contributed by atoms with Crippen LogP contribution in [0.15, 0.2) is 0 Å². The summed E-state index contributed by atoms with van der Waals surface area (Å²) in [6, 6.07) is 0.521. The lowest BCUT2D eigenvalue weighted by atomic mass is 9.74. The average molecular weight is 195 g/mol. The average Bonchev–Trinajstić information content (AvgIpc) is 2.12. The largest absolute Gasteiger partial charge is 0.327 e. The third-order valence-corrected chi connectivity index (χ3v) is 4.50. The van der Waals surface area contributed by atoms with Crippen LogP contribution >= 0.6 is 0 Å². The number of rotatable bonds is 3. The molecule has 1 nitrogen and oxygen atoms in total. The Kier molecular flexibility index (Phi) is 3.48.